The molecule has 0 saturated heterocycles. The zero-order valence-electron chi connectivity index (χ0n) is 37.9. The second-order valence-corrected chi connectivity index (χ2v) is 18.3. The molecule has 1 aromatic heterocycles. The van der Waals surface area contributed by atoms with E-state index in [-0.39, 0.29) is 23.7 Å². The van der Waals surface area contributed by atoms with Crippen molar-refractivity contribution in [3.8, 4) is 33.9 Å². The second kappa shape index (κ2) is 16.2. The van der Waals surface area contributed by atoms with E-state index < -0.39 is 0 Å². The molecule has 10 rings (SSSR count). The van der Waals surface area contributed by atoms with Gasteiger partial charge in [-0.25, -0.2) is 0 Å². The van der Waals surface area contributed by atoms with Crippen LogP contribution in [0.2, 0.25) is 0 Å². The Kier molecular flexibility index (Phi) is 10.3. The third-order valence-electron chi connectivity index (χ3n) is 14.2. The molecule has 8 aromatic carbocycles. The van der Waals surface area contributed by atoms with Crippen molar-refractivity contribution in [2.45, 2.75) is 79.1 Å². The van der Waals surface area contributed by atoms with E-state index in [0.717, 1.165) is 0 Å². The molecule has 1 aliphatic carbocycles. The average molecular weight is 818 g/mol. The van der Waals surface area contributed by atoms with Gasteiger partial charge in [0.2, 0.25) is 0 Å². The Morgan fingerprint density at radius 1 is 0.413 bits per heavy atom. The van der Waals surface area contributed by atoms with Crippen LogP contribution in [0.25, 0.3) is 44.7 Å². The Balaban J connectivity index is 1.38. The number of aromatic nitrogens is 2. The highest BCUT2D eigenvalue weighted by atomic mass is 15.2. The normalized spacial score (nSPS) is 13.8. The predicted molar refractivity (Wildman–Crippen MR) is 264 cm³/mol. The molecule has 63 heavy (non-hydrogen) atoms. The van der Waals surface area contributed by atoms with Crippen molar-refractivity contribution in [1.29, 1.82) is 0 Å². The Morgan fingerprint density at radius 2 is 0.778 bits per heavy atom. The van der Waals surface area contributed by atoms with Crippen molar-refractivity contribution in [2.24, 2.45) is 0 Å². The van der Waals surface area contributed by atoms with E-state index in [1.54, 1.807) is 0 Å². The van der Waals surface area contributed by atoms with Crippen molar-refractivity contribution in [1.82, 2.24) is 4.57 Å². The first-order chi connectivity index (χ1) is 30.6. The summed E-state index contributed by atoms with van der Waals surface area (Å²) in [5.41, 5.74) is 23.5. The van der Waals surface area contributed by atoms with E-state index in [2.05, 4.69) is 241 Å². The van der Waals surface area contributed by atoms with Crippen molar-refractivity contribution < 1.29 is 4.57 Å². The van der Waals surface area contributed by atoms with Gasteiger partial charge in [0.25, 0.3) is 6.33 Å². The smallest absolute Gasteiger partial charge is 0.193 e. The lowest BCUT2D eigenvalue weighted by molar-refractivity contribution is -0.584. The van der Waals surface area contributed by atoms with Gasteiger partial charge in [-0.3, -0.25) is 0 Å². The lowest BCUT2D eigenvalue weighted by atomic mass is 9.83. The largest absolute Gasteiger partial charge is 0.255 e. The summed E-state index contributed by atoms with van der Waals surface area (Å²) in [5.74, 6) is 0.550. The van der Waals surface area contributed by atoms with Crippen LogP contribution >= 0.6 is 0 Å². The molecule has 1 aliphatic rings. The molecular formula is C61H57N2+. The fourth-order valence-electron chi connectivity index (χ4n) is 10.7. The Labute approximate surface area is 374 Å². The monoisotopic (exact) mass is 817 g/mol. The van der Waals surface area contributed by atoms with Crippen LogP contribution in [-0.2, 0) is 0 Å². The molecule has 0 spiro atoms. The maximum atomic E-state index is 2.63. The molecule has 4 atom stereocenters. The molecule has 0 N–H and O–H groups in total. The fourth-order valence-corrected chi connectivity index (χ4v) is 10.7. The lowest BCUT2D eigenvalue weighted by Crippen LogP contribution is -2.35. The maximum Gasteiger partial charge on any atom is 0.255 e. The molecule has 2 heteroatoms. The van der Waals surface area contributed by atoms with Crippen LogP contribution in [0.5, 0.6) is 0 Å². The third-order valence-corrected chi connectivity index (χ3v) is 14.2. The van der Waals surface area contributed by atoms with Crippen LogP contribution < -0.4 is 4.57 Å². The highest BCUT2D eigenvalue weighted by Crippen LogP contribution is 2.52. The van der Waals surface area contributed by atoms with Crippen LogP contribution in [0.15, 0.2) is 176 Å². The van der Waals surface area contributed by atoms with Crippen LogP contribution in [0, 0.1) is 27.7 Å². The number of imidazole rings is 1. The van der Waals surface area contributed by atoms with Gasteiger partial charge in [0.05, 0.1) is 0 Å². The Bertz CT molecular complexity index is 2800. The highest BCUT2D eigenvalue weighted by molar-refractivity contribution is 6.15. The summed E-state index contributed by atoms with van der Waals surface area (Å²) in [5, 5.41) is 2.64. The van der Waals surface area contributed by atoms with Gasteiger partial charge in [-0.1, -0.05) is 209 Å². The molecule has 0 saturated carbocycles. The molecule has 9 aromatic rings. The maximum absolute atomic E-state index is 2.63. The zero-order chi connectivity index (χ0) is 43.5. The topological polar surface area (TPSA) is 8.81 Å². The van der Waals surface area contributed by atoms with Gasteiger partial charge >= 0.3 is 0 Å². The number of hydrogen-bond donors (Lipinski definition) is 0. The standard InChI is InChI=1S/C61H57N2/c1-38-33-51(42(5)46-21-13-9-14-22-46)58(52(34-38)43(6)47-23-15-10-16-24-47)62-37-63(61-56-41(4)30-32-50-31-29-40(3)55(57(50)56)60(61)62)59-53(44(7)48-25-17-11-18-26-48)35-39(2)36-54(59)45(8)49-27-19-12-20-28-49/h9-37,42-45H,1-8H3/q+1/t42-,43-,44+,45+. The number of fused-ring (bicyclic) bond motifs is 3. The van der Waals surface area contributed by atoms with Crippen molar-refractivity contribution in [3.05, 3.63) is 243 Å². The van der Waals surface area contributed by atoms with Gasteiger partial charge in [0.1, 0.15) is 11.4 Å². The average Bonchev–Trinajstić information content (AvgIpc) is 3.88. The first kappa shape index (κ1) is 40.3. The highest BCUT2D eigenvalue weighted by Gasteiger charge is 2.42. The van der Waals surface area contributed by atoms with Gasteiger partial charge in [0.15, 0.2) is 11.4 Å². The third kappa shape index (κ3) is 6.84. The Hall–Kier alpha value is -6.77. The van der Waals surface area contributed by atoms with Crippen LogP contribution in [0.4, 0.5) is 0 Å². The van der Waals surface area contributed by atoms with E-state index in [1.807, 2.05) is 0 Å². The summed E-state index contributed by atoms with van der Waals surface area (Å²) >= 11 is 0. The van der Waals surface area contributed by atoms with Crippen molar-refractivity contribution in [2.75, 3.05) is 0 Å². The summed E-state index contributed by atoms with van der Waals surface area (Å²) in [7, 11) is 0. The summed E-state index contributed by atoms with van der Waals surface area (Å²) in [6, 6.07) is 63.5. The van der Waals surface area contributed by atoms with Gasteiger partial charge in [-0.2, -0.15) is 9.13 Å². The van der Waals surface area contributed by atoms with Crippen molar-refractivity contribution >= 4 is 10.8 Å². The molecule has 0 radical (unpaired) electrons. The van der Waals surface area contributed by atoms with Crippen molar-refractivity contribution in [3.63, 3.8) is 0 Å². The zero-order valence-corrected chi connectivity index (χ0v) is 37.9. The number of benzene rings is 8. The summed E-state index contributed by atoms with van der Waals surface area (Å²) in [6.07, 6.45) is 2.48. The minimum atomic E-state index is 0.137. The molecule has 310 valence electrons. The van der Waals surface area contributed by atoms with Crippen LogP contribution in [0.3, 0.4) is 0 Å². The fraction of sp³-hybridized carbons (Fsp3) is 0.197. The summed E-state index contributed by atoms with van der Waals surface area (Å²) in [4.78, 5) is 0. The number of hydrogen-bond acceptors (Lipinski definition) is 0. The summed E-state index contributed by atoms with van der Waals surface area (Å²) in [6.45, 7) is 18.8. The molecule has 0 amide bonds. The second-order valence-electron chi connectivity index (χ2n) is 18.3. The minimum Gasteiger partial charge on any atom is -0.193 e. The molecule has 0 aliphatic heterocycles. The van der Waals surface area contributed by atoms with E-state index in [9.17, 15) is 0 Å². The number of rotatable bonds is 10. The van der Waals surface area contributed by atoms with E-state index in [0.29, 0.717) is 0 Å². The predicted octanol–water partition coefficient (Wildman–Crippen LogP) is 15.4. The van der Waals surface area contributed by atoms with E-state index in [1.165, 1.54) is 111 Å². The van der Waals surface area contributed by atoms with Crippen LogP contribution in [-0.4, -0.2) is 4.57 Å². The van der Waals surface area contributed by atoms with Gasteiger partial charge in [-0.05, 0) is 66.5 Å². The minimum absolute atomic E-state index is 0.137. The van der Waals surface area contributed by atoms with Crippen LogP contribution in [0.1, 0.15) is 118 Å². The van der Waals surface area contributed by atoms with E-state index in [4.69, 9.17) is 0 Å². The molecule has 2 nitrogen and oxygen atoms in total. The molecule has 0 fully saturated rings. The summed E-state index contributed by atoms with van der Waals surface area (Å²) < 4.78 is 5.26. The van der Waals surface area contributed by atoms with E-state index >= 15 is 0 Å². The number of nitrogens with zero attached hydrogens (tertiary/aromatic N) is 2. The molecular weight excluding hydrogens is 761 g/mol. The molecule has 0 bridgehead atoms. The number of aryl methyl sites for hydroxylation is 4. The lowest BCUT2D eigenvalue weighted by Gasteiger charge is -2.24. The van der Waals surface area contributed by atoms with Gasteiger partial charge in [-0.15, -0.1) is 0 Å². The quantitative estimate of drug-likeness (QED) is 0.122. The SMILES string of the molecule is Cc1cc([C@H](C)c2ccccc2)c(-n2c[n+](-c3c([C@@H](C)c4ccccc4)cc(C)cc3[C@@H](C)c3ccccc3)c3c2-c2c(C)ccc4ccc(C)c-3c24)c([C@H](C)c2ccccc2)c1. The first-order valence-corrected chi connectivity index (χ1v) is 22.8. The molecule has 0 unspecified atom stereocenters. The first-order valence-electron chi connectivity index (χ1n) is 22.8. The Morgan fingerprint density at radius 3 is 1.19 bits per heavy atom. The molecule has 1 heterocycles. The van der Waals surface area contributed by atoms with Gasteiger partial charge < -0.3 is 0 Å². The van der Waals surface area contributed by atoms with Gasteiger partial charge in [0, 0.05) is 62.4 Å².